The number of hydrogen-bond acceptors (Lipinski definition) is 2. The number of aliphatic hydroxyl groups is 2. The van der Waals surface area contributed by atoms with E-state index in [1.54, 1.807) is 13.0 Å². The SMILES string of the molecule is C=C(C)[C@H]1C=C[C@@](O)(C(=C)C)C[C@H]1O. The van der Waals surface area contributed by atoms with E-state index in [0.717, 1.165) is 5.57 Å². The van der Waals surface area contributed by atoms with Crippen LogP contribution in [0, 0.1) is 5.92 Å². The molecule has 2 nitrogen and oxygen atoms in total. The molecule has 2 N–H and O–H groups in total. The molecule has 0 fully saturated rings. The van der Waals surface area contributed by atoms with E-state index in [9.17, 15) is 10.2 Å². The molecule has 1 aliphatic rings. The molecule has 0 unspecified atom stereocenters. The van der Waals surface area contributed by atoms with E-state index in [1.807, 2.05) is 13.0 Å². The Kier molecular flexibility index (Phi) is 2.98. The summed E-state index contributed by atoms with van der Waals surface area (Å²) >= 11 is 0. The summed E-state index contributed by atoms with van der Waals surface area (Å²) in [6.07, 6.45) is 3.25. The normalized spacial score (nSPS) is 36.9. The highest BCUT2D eigenvalue weighted by atomic mass is 16.3. The van der Waals surface area contributed by atoms with E-state index in [1.165, 1.54) is 0 Å². The minimum atomic E-state index is -1.05. The average molecular weight is 194 g/mol. The van der Waals surface area contributed by atoms with Gasteiger partial charge < -0.3 is 10.2 Å². The molecule has 0 saturated heterocycles. The van der Waals surface area contributed by atoms with Crippen molar-refractivity contribution in [2.24, 2.45) is 5.92 Å². The van der Waals surface area contributed by atoms with Gasteiger partial charge in [0.15, 0.2) is 0 Å². The van der Waals surface area contributed by atoms with Gasteiger partial charge in [-0.05, 0) is 19.4 Å². The van der Waals surface area contributed by atoms with Crippen LogP contribution in [0.5, 0.6) is 0 Å². The predicted molar refractivity (Wildman–Crippen MR) is 57.8 cm³/mol. The minimum Gasteiger partial charge on any atom is -0.392 e. The Morgan fingerprint density at radius 1 is 1.43 bits per heavy atom. The molecule has 78 valence electrons. The van der Waals surface area contributed by atoms with Crippen molar-refractivity contribution in [3.8, 4) is 0 Å². The molecular formula is C12H18O2. The molecule has 0 radical (unpaired) electrons. The van der Waals surface area contributed by atoms with Gasteiger partial charge in [0.05, 0.1) is 6.10 Å². The summed E-state index contributed by atoms with van der Waals surface area (Å²) < 4.78 is 0. The van der Waals surface area contributed by atoms with Crippen LogP contribution in [0.1, 0.15) is 20.3 Å². The Morgan fingerprint density at radius 3 is 2.36 bits per heavy atom. The third kappa shape index (κ3) is 1.97. The fourth-order valence-corrected chi connectivity index (χ4v) is 1.71. The summed E-state index contributed by atoms with van der Waals surface area (Å²) in [4.78, 5) is 0. The van der Waals surface area contributed by atoms with E-state index in [0.29, 0.717) is 12.0 Å². The Labute approximate surface area is 85.3 Å². The van der Waals surface area contributed by atoms with Gasteiger partial charge in [-0.1, -0.05) is 30.9 Å². The van der Waals surface area contributed by atoms with Crippen LogP contribution in [0.25, 0.3) is 0 Å². The van der Waals surface area contributed by atoms with Gasteiger partial charge in [0.2, 0.25) is 0 Å². The lowest BCUT2D eigenvalue weighted by molar-refractivity contribution is 0.0289. The van der Waals surface area contributed by atoms with Gasteiger partial charge in [0.1, 0.15) is 5.60 Å². The fourth-order valence-electron chi connectivity index (χ4n) is 1.71. The van der Waals surface area contributed by atoms with Gasteiger partial charge in [-0.3, -0.25) is 0 Å². The largest absolute Gasteiger partial charge is 0.392 e. The highest BCUT2D eigenvalue weighted by Crippen LogP contribution is 2.33. The molecule has 0 bridgehead atoms. The molecule has 0 aromatic rings. The summed E-state index contributed by atoms with van der Waals surface area (Å²) in [6.45, 7) is 11.2. The predicted octanol–water partition coefficient (Wildman–Crippen LogP) is 1.81. The maximum Gasteiger partial charge on any atom is 0.106 e. The Bertz CT molecular complexity index is 291. The van der Waals surface area contributed by atoms with Crippen LogP contribution in [0.15, 0.2) is 36.5 Å². The second-order valence-electron chi connectivity index (χ2n) is 4.21. The lowest BCUT2D eigenvalue weighted by atomic mass is 9.77. The second kappa shape index (κ2) is 3.71. The van der Waals surface area contributed by atoms with Crippen molar-refractivity contribution in [2.75, 3.05) is 0 Å². The van der Waals surface area contributed by atoms with Crippen molar-refractivity contribution in [1.82, 2.24) is 0 Å². The zero-order valence-electron chi connectivity index (χ0n) is 8.83. The molecule has 0 saturated carbocycles. The third-order valence-electron chi connectivity index (χ3n) is 2.82. The molecule has 1 aliphatic carbocycles. The summed E-state index contributed by atoms with van der Waals surface area (Å²) in [5.74, 6) is -0.0466. The van der Waals surface area contributed by atoms with Gasteiger partial charge in [0.25, 0.3) is 0 Å². The van der Waals surface area contributed by atoms with Crippen molar-refractivity contribution >= 4 is 0 Å². The first-order valence-electron chi connectivity index (χ1n) is 4.78. The second-order valence-corrected chi connectivity index (χ2v) is 4.21. The Hall–Kier alpha value is -0.860. The van der Waals surface area contributed by atoms with Crippen LogP contribution in [-0.2, 0) is 0 Å². The van der Waals surface area contributed by atoms with Gasteiger partial charge >= 0.3 is 0 Å². The van der Waals surface area contributed by atoms with Crippen LogP contribution >= 0.6 is 0 Å². The molecule has 3 atom stereocenters. The summed E-state index contributed by atoms with van der Waals surface area (Å²) in [6, 6.07) is 0. The van der Waals surface area contributed by atoms with E-state index in [4.69, 9.17) is 0 Å². The van der Waals surface area contributed by atoms with Crippen molar-refractivity contribution in [2.45, 2.75) is 32.0 Å². The molecule has 0 aliphatic heterocycles. The van der Waals surface area contributed by atoms with Crippen LogP contribution in [0.4, 0.5) is 0 Å². The Balaban J connectivity index is 2.91. The summed E-state index contributed by atoms with van der Waals surface area (Å²) in [7, 11) is 0. The molecule has 0 heterocycles. The number of aliphatic hydroxyl groups excluding tert-OH is 1. The third-order valence-corrected chi connectivity index (χ3v) is 2.82. The van der Waals surface area contributed by atoms with Crippen LogP contribution in [-0.4, -0.2) is 21.9 Å². The summed E-state index contributed by atoms with van der Waals surface area (Å²) in [5, 5.41) is 19.9. The first kappa shape index (κ1) is 11.2. The van der Waals surface area contributed by atoms with Crippen molar-refractivity contribution < 1.29 is 10.2 Å². The van der Waals surface area contributed by atoms with Crippen molar-refractivity contribution in [3.05, 3.63) is 36.5 Å². The van der Waals surface area contributed by atoms with Crippen LogP contribution in [0.3, 0.4) is 0 Å². The summed E-state index contributed by atoms with van der Waals surface area (Å²) in [5.41, 5.74) is 0.524. The monoisotopic (exact) mass is 194 g/mol. The molecule has 1 rings (SSSR count). The molecule has 14 heavy (non-hydrogen) atoms. The van der Waals surface area contributed by atoms with Crippen LogP contribution < -0.4 is 0 Å². The molecule has 0 amide bonds. The highest BCUT2D eigenvalue weighted by molar-refractivity contribution is 5.27. The Morgan fingerprint density at radius 2 is 2.00 bits per heavy atom. The smallest absolute Gasteiger partial charge is 0.106 e. The van der Waals surface area contributed by atoms with Crippen molar-refractivity contribution in [3.63, 3.8) is 0 Å². The van der Waals surface area contributed by atoms with Gasteiger partial charge in [-0.15, -0.1) is 0 Å². The van der Waals surface area contributed by atoms with Gasteiger partial charge in [-0.2, -0.15) is 0 Å². The van der Waals surface area contributed by atoms with Crippen LogP contribution in [0.2, 0.25) is 0 Å². The topological polar surface area (TPSA) is 40.5 Å². The van der Waals surface area contributed by atoms with E-state index in [2.05, 4.69) is 13.2 Å². The zero-order valence-corrected chi connectivity index (χ0v) is 8.83. The van der Waals surface area contributed by atoms with E-state index >= 15 is 0 Å². The van der Waals surface area contributed by atoms with Gasteiger partial charge in [0, 0.05) is 12.3 Å². The lowest BCUT2D eigenvalue weighted by Crippen LogP contribution is -2.39. The highest BCUT2D eigenvalue weighted by Gasteiger charge is 2.35. The maximum absolute atomic E-state index is 10.0. The molecule has 2 heteroatoms. The molecule has 0 spiro atoms. The van der Waals surface area contributed by atoms with E-state index in [-0.39, 0.29) is 5.92 Å². The first-order valence-corrected chi connectivity index (χ1v) is 4.78. The average Bonchev–Trinajstić information content (AvgIpc) is 2.02. The van der Waals surface area contributed by atoms with E-state index < -0.39 is 11.7 Å². The molecular weight excluding hydrogens is 176 g/mol. The molecule has 0 aromatic heterocycles. The fraction of sp³-hybridized carbons (Fsp3) is 0.500. The van der Waals surface area contributed by atoms with Crippen molar-refractivity contribution in [1.29, 1.82) is 0 Å². The standard InChI is InChI=1S/C12H18O2/c1-8(2)10-5-6-12(14,9(3)4)7-11(10)13/h5-6,10-11,13-14H,1,3,7H2,2,4H3/t10-,11-,12+/m1/s1. The number of hydrogen-bond donors (Lipinski definition) is 2. The first-order chi connectivity index (χ1) is 6.37. The minimum absolute atomic E-state index is 0.0466. The maximum atomic E-state index is 10.0. The molecule has 0 aromatic carbocycles. The zero-order chi connectivity index (χ0) is 10.9. The number of rotatable bonds is 2. The lowest BCUT2D eigenvalue weighted by Gasteiger charge is -2.35. The van der Waals surface area contributed by atoms with Gasteiger partial charge in [-0.25, -0.2) is 0 Å². The quantitative estimate of drug-likeness (QED) is 0.658.